The molecule has 0 heterocycles. The predicted octanol–water partition coefficient (Wildman–Crippen LogP) is 8.24. The molecule has 3 heteroatoms. The van der Waals surface area contributed by atoms with Gasteiger partial charge in [-0.15, -0.1) is 0 Å². The summed E-state index contributed by atoms with van der Waals surface area (Å²) in [7, 11) is 0. The van der Waals surface area contributed by atoms with E-state index in [4.69, 9.17) is 0 Å². The van der Waals surface area contributed by atoms with E-state index in [0.29, 0.717) is 11.4 Å². The molecule has 0 amide bonds. The minimum atomic E-state index is -0.512. The van der Waals surface area contributed by atoms with Crippen molar-refractivity contribution in [1.29, 1.82) is 0 Å². The van der Waals surface area contributed by atoms with Gasteiger partial charge in [0, 0.05) is 5.54 Å². The van der Waals surface area contributed by atoms with E-state index < -0.39 is 5.54 Å². The van der Waals surface area contributed by atoms with Gasteiger partial charge in [0.05, 0.1) is 11.4 Å². The lowest BCUT2D eigenvalue weighted by Crippen LogP contribution is -2.38. The van der Waals surface area contributed by atoms with Crippen LogP contribution in [0.4, 0.5) is 20.2 Å². The van der Waals surface area contributed by atoms with Crippen LogP contribution in [0.3, 0.4) is 0 Å². The molecule has 0 bridgehead atoms. The molecule has 0 aliphatic heterocycles. The Bertz CT molecular complexity index is 1180. The number of halogens is 2. The molecule has 4 aromatic carbocycles. The summed E-state index contributed by atoms with van der Waals surface area (Å²) in [6.07, 6.45) is 0. The molecule has 0 saturated heterocycles. The largest absolute Gasteiger partial charge is 0.331 e. The van der Waals surface area contributed by atoms with Gasteiger partial charge in [-0.1, -0.05) is 72.8 Å². The Morgan fingerprint density at radius 2 is 1.00 bits per heavy atom. The van der Waals surface area contributed by atoms with E-state index in [1.54, 1.807) is 29.2 Å². The first-order valence-electron chi connectivity index (χ1n) is 10.3. The van der Waals surface area contributed by atoms with Crippen LogP contribution in [0.1, 0.15) is 20.8 Å². The lowest BCUT2D eigenvalue weighted by Gasteiger charge is -2.38. The smallest absolute Gasteiger partial charge is 0.147 e. The molecule has 0 unspecified atom stereocenters. The van der Waals surface area contributed by atoms with Crippen molar-refractivity contribution in [2.24, 2.45) is 0 Å². The van der Waals surface area contributed by atoms with Gasteiger partial charge in [0.15, 0.2) is 0 Å². The van der Waals surface area contributed by atoms with Crippen LogP contribution < -0.4 is 4.90 Å². The van der Waals surface area contributed by atoms with Gasteiger partial charge in [-0.2, -0.15) is 0 Å². The number of benzene rings is 4. The van der Waals surface area contributed by atoms with Gasteiger partial charge in [-0.3, -0.25) is 0 Å². The second kappa shape index (κ2) is 8.35. The van der Waals surface area contributed by atoms with Crippen LogP contribution in [0.15, 0.2) is 97.1 Å². The Labute approximate surface area is 182 Å². The highest BCUT2D eigenvalue weighted by atomic mass is 19.1. The first-order chi connectivity index (χ1) is 14.8. The van der Waals surface area contributed by atoms with Crippen molar-refractivity contribution < 1.29 is 8.78 Å². The summed E-state index contributed by atoms with van der Waals surface area (Å²) >= 11 is 0. The summed E-state index contributed by atoms with van der Waals surface area (Å²) < 4.78 is 29.9. The molecule has 1 nitrogen and oxygen atoms in total. The first kappa shape index (κ1) is 20.8. The Balaban J connectivity index is 1.70. The van der Waals surface area contributed by atoms with Crippen molar-refractivity contribution in [3.8, 4) is 22.3 Å². The average molecular weight is 414 g/mol. The summed E-state index contributed by atoms with van der Waals surface area (Å²) in [5.41, 5.74) is 4.15. The third kappa shape index (κ3) is 4.36. The van der Waals surface area contributed by atoms with Crippen LogP contribution in [0.2, 0.25) is 0 Å². The molecule has 0 N–H and O–H groups in total. The zero-order chi connectivity index (χ0) is 22.0. The normalized spacial score (nSPS) is 11.4. The fraction of sp³-hybridized carbons (Fsp3) is 0.143. The Kier molecular flexibility index (Phi) is 5.60. The second-order valence-electron chi connectivity index (χ2n) is 8.57. The van der Waals surface area contributed by atoms with Crippen LogP contribution in [0.5, 0.6) is 0 Å². The minimum absolute atomic E-state index is 0.349. The number of hydrogen-bond donors (Lipinski definition) is 0. The monoisotopic (exact) mass is 413 g/mol. The summed E-state index contributed by atoms with van der Waals surface area (Å²) in [5, 5.41) is 0. The zero-order valence-electron chi connectivity index (χ0n) is 17.9. The van der Waals surface area contributed by atoms with E-state index in [-0.39, 0.29) is 11.6 Å². The molecule has 0 atom stereocenters. The Morgan fingerprint density at radius 1 is 0.516 bits per heavy atom. The molecule has 156 valence electrons. The van der Waals surface area contributed by atoms with Crippen LogP contribution in [0, 0.1) is 11.6 Å². The van der Waals surface area contributed by atoms with Crippen molar-refractivity contribution in [3.63, 3.8) is 0 Å². The topological polar surface area (TPSA) is 3.24 Å². The standard InChI is InChI=1S/C28H25F2N/c1-28(2,3)31(26-12-8-7-11-24(26)29)27-18-17-23(19-25(27)30)22-15-13-21(14-16-22)20-9-5-4-6-10-20/h4-19H,1-3H3. The van der Waals surface area contributed by atoms with E-state index in [1.807, 2.05) is 69.3 Å². The predicted molar refractivity (Wildman–Crippen MR) is 126 cm³/mol. The SMILES string of the molecule is CC(C)(C)N(c1ccccc1F)c1ccc(-c2ccc(-c3ccccc3)cc2)cc1F. The Hall–Kier alpha value is -3.46. The van der Waals surface area contributed by atoms with Crippen molar-refractivity contribution in [2.75, 3.05) is 4.90 Å². The molecule has 0 aliphatic rings. The van der Waals surface area contributed by atoms with Gasteiger partial charge in [-0.25, -0.2) is 8.78 Å². The number of nitrogens with zero attached hydrogens (tertiary/aromatic N) is 1. The molecule has 0 aromatic heterocycles. The lowest BCUT2D eigenvalue weighted by molar-refractivity contribution is 0.527. The van der Waals surface area contributed by atoms with E-state index >= 15 is 4.39 Å². The molecular formula is C28H25F2N. The highest BCUT2D eigenvalue weighted by Crippen LogP contribution is 2.38. The summed E-state index contributed by atoms with van der Waals surface area (Å²) in [5.74, 6) is -0.764. The van der Waals surface area contributed by atoms with E-state index in [9.17, 15) is 4.39 Å². The molecule has 0 fully saturated rings. The number of rotatable bonds is 4. The molecule has 0 radical (unpaired) electrons. The van der Waals surface area contributed by atoms with Crippen molar-refractivity contribution in [1.82, 2.24) is 0 Å². The summed E-state index contributed by atoms with van der Waals surface area (Å²) in [6, 6.07) is 29.8. The first-order valence-corrected chi connectivity index (χ1v) is 10.3. The molecular weight excluding hydrogens is 388 g/mol. The van der Waals surface area contributed by atoms with Crippen LogP contribution >= 0.6 is 0 Å². The highest BCUT2D eigenvalue weighted by Gasteiger charge is 2.28. The van der Waals surface area contributed by atoms with Crippen molar-refractivity contribution in [3.05, 3.63) is 109 Å². The molecule has 31 heavy (non-hydrogen) atoms. The fourth-order valence-corrected chi connectivity index (χ4v) is 3.84. The number of para-hydroxylation sites is 1. The zero-order valence-corrected chi connectivity index (χ0v) is 17.9. The van der Waals surface area contributed by atoms with Crippen molar-refractivity contribution in [2.45, 2.75) is 26.3 Å². The second-order valence-corrected chi connectivity index (χ2v) is 8.57. The van der Waals surface area contributed by atoms with E-state index in [1.165, 1.54) is 12.1 Å². The van der Waals surface area contributed by atoms with Crippen LogP contribution in [-0.4, -0.2) is 5.54 Å². The molecule has 0 aliphatic carbocycles. The Morgan fingerprint density at radius 3 is 1.58 bits per heavy atom. The van der Waals surface area contributed by atoms with Crippen molar-refractivity contribution >= 4 is 11.4 Å². The quantitative estimate of drug-likeness (QED) is 0.326. The van der Waals surface area contributed by atoms with Crippen LogP contribution in [-0.2, 0) is 0 Å². The van der Waals surface area contributed by atoms with Gasteiger partial charge in [0.2, 0.25) is 0 Å². The van der Waals surface area contributed by atoms with Gasteiger partial charge in [0.25, 0.3) is 0 Å². The molecule has 4 rings (SSSR count). The maximum Gasteiger partial charge on any atom is 0.147 e. The maximum atomic E-state index is 15.3. The molecule has 0 saturated carbocycles. The van der Waals surface area contributed by atoms with Gasteiger partial charge >= 0.3 is 0 Å². The maximum absolute atomic E-state index is 15.3. The summed E-state index contributed by atoms with van der Waals surface area (Å²) in [4.78, 5) is 1.71. The van der Waals surface area contributed by atoms with Crippen LogP contribution in [0.25, 0.3) is 22.3 Å². The van der Waals surface area contributed by atoms with E-state index in [0.717, 1.165) is 22.3 Å². The third-order valence-corrected chi connectivity index (χ3v) is 5.28. The number of hydrogen-bond acceptors (Lipinski definition) is 1. The fourth-order valence-electron chi connectivity index (χ4n) is 3.84. The highest BCUT2D eigenvalue weighted by molar-refractivity contribution is 5.74. The number of anilines is 2. The van der Waals surface area contributed by atoms with Gasteiger partial charge in [0.1, 0.15) is 11.6 Å². The van der Waals surface area contributed by atoms with Gasteiger partial charge in [-0.05, 0) is 67.3 Å². The molecule has 4 aromatic rings. The lowest BCUT2D eigenvalue weighted by atomic mass is 9.98. The summed E-state index contributed by atoms with van der Waals surface area (Å²) in [6.45, 7) is 5.82. The van der Waals surface area contributed by atoms with Gasteiger partial charge < -0.3 is 4.90 Å². The minimum Gasteiger partial charge on any atom is -0.331 e. The van der Waals surface area contributed by atoms with E-state index in [2.05, 4.69) is 12.1 Å². The molecule has 0 spiro atoms. The third-order valence-electron chi connectivity index (χ3n) is 5.28. The average Bonchev–Trinajstić information content (AvgIpc) is 2.76.